The minimum Gasteiger partial charge on any atom is -0.330 e. The quantitative estimate of drug-likeness (QED) is 0.838. The molecule has 2 heterocycles. The van der Waals surface area contributed by atoms with E-state index in [4.69, 9.17) is 5.73 Å². The van der Waals surface area contributed by atoms with Gasteiger partial charge < -0.3 is 5.73 Å². The summed E-state index contributed by atoms with van der Waals surface area (Å²) < 4.78 is 26.9. The fourth-order valence-electron chi connectivity index (χ4n) is 1.61. The zero-order chi connectivity index (χ0) is 10.8. The number of rotatable bonds is 3. The molecule has 0 aliphatic heterocycles. The van der Waals surface area contributed by atoms with Gasteiger partial charge in [-0.3, -0.25) is 0 Å². The van der Waals surface area contributed by atoms with Crippen molar-refractivity contribution in [2.45, 2.75) is 12.3 Å². The van der Waals surface area contributed by atoms with Gasteiger partial charge >= 0.3 is 0 Å². The highest BCUT2D eigenvalue weighted by atomic mass is 19.3. The third kappa shape index (κ3) is 1.70. The smallest absolute Gasteiger partial charge is 0.246 e. The van der Waals surface area contributed by atoms with E-state index in [2.05, 4.69) is 5.10 Å². The lowest BCUT2D eigenvalue weighted by Crippen LogP contribution is -2.19. The number of hydrogen-bond donors (Lipinski definition) is 1. The van der Waals surface area contributed by atoms with Crippen LogP contribution in [-0.2, 0) is 0 Å². The van der Waals surface area contributed by atoms with Gasteiger partial charge in [-0.05, 0) is 12.1 Å². The van der Waals surface area contributed by atoms with E-state index in [0.29, 0.717) is 11.1 Å². The van der Waals surface area contributed by atoms with Crippen LogP contribution in [0.4, 0.5) is 8.78 Å². The first-order chi connectivity index (χ1) is 7.24. The molecule has 0 bridgehead atoms. The molecule has 0 saturated carbocycles. The second-order valence-electron chi connectivity index (χ2n) is 3.31. The number of alkyl halides is 2. The molecule has 0 fully saturated rings. The number of pyridine rings is 1. The summed E-state index contributed by atoms with van der Waals surface area (Å²) in [6.45, 7) is -0.0755. The minimum atomic E-state index is -2.46. The van der Waals surface area contributed by atoms with Crippen molar-refractivity contribution in [2.24, 2.45) is 5.73 Å². The van der Waals surface area contributed by atoms with E-state index in [1.807, 2.05) is 0 Å². The molecule has 3 nitrogen and oxygen atoms in total. The van der Waals surface area contributed by atoms with Gasteiger partial charge in [0.2, 0.25) is 6.43 Å². The molecule has 1 atom stereocenters. The molecule has 2 N–H and O–H groups in total. The largest absolute Gasteiger partial charge is 0.330 e. The Bertz CT molecular complexity index is 453. The van der Waals surface area contributed by atoms with Gasteiger partial charge in [-0.15, -0.1) is 0 Å². The predicted octanol–water partition coefficient (Wildman–Crippen LogP) is 1.64. The van der Waals surface area contributed by atoms with Crippen LogP contribution in [0.2, 0.25) is 0 Å². The lowest BCUT2D eigenvalue weighted by molar-refractivity contribution is 0.117. The first-order valence-corrected chi connectivity index (χ1v) is 4.64. The maximum Gasteiger partial charge on any atom is 0.246 e. The van der Waals surface area contributed by atoms with Crippen LogP contribution in [0.15, 0.2) is 30.6 Å². The topological polar surface area (TPSA) is 43.3 Å². The molecular weight excluding hydrogens is 200 g/mol. The van der Waals surface area contributed by atoms with Gasteiger partial charge in [0.05, 0.1) is 17.6 Å². The van der Waals surface area contributed by atoms with Crippen molar-refractivity contribution in [2.75, 3.05) is 6.54 Å². The summed E-state index contributed by atoms with van der Waals surface area (Å²) in [6, 6.07) is 5.34. The molecule has 2 rings (SSSR count). The molecule has 15 heavy (non-hydrogen) atoms. The van der Waals surface area contributed by atoms with Gasteiger partial charge in [-0.25, -0.2) is 13.3 Å². The van der Waals surface area contributed by atoms with Crippen LogP contribution < -0.4 is 5.73 Å². The van der Waals surface area contributed by atoms with Gasteiger partial charge in [0, 0.05) is 18.3 Å². The SMILES string of the molecule is NCC(c1cnn2ccccc12)C(F)F. The lowest BCUT2D eigenvalue weighted by atomic mass is 10.0. The van der Waals surface area contributed by atoms with Gasteiger partial charge in [0.15, 0.2) is 0 Å². The van der Waals surface area contributed by atoms with E-state index in [1.54, 1.807) is 28.9 Å². The fourth-order valence-corrected chi connectivity index (χ4v) is 1.61. The van der Waals surface area contributed by atoms with Crippen molar-refractivity contribution >= 4 is 5.52 Å². The summed E-state index contributed by atoms with van der Waals surface area (Å²) in [5.74, 6) is -0.940. The summed E-state index contributed by atoms with van der Waals surface area (Å²) in [4.78, 5) is 0. The molecule has 0 aliphatic carbocycles. The van der Waals surface area contributed by atoms with Crippen LogP contribution in [0.25, 0.3) is 5.52 Å². The Morgan fingerprint density at radius 2 is 2.20 bits per heavy atom. The number of nitrogens with zero attached hydrogens (tertiary/aromatic N) is 2. The lowest BCUT2D eigenvalue weighted by Gasteiger charge is -2.11. The zero-order valence-electron chi connectivity index (χ0n) is 7.98. The van der Waals surface area contributed by atoms with Crippen LogP contribution in [0, 0.1) is 0 Å². The van der Waals surface area contributed by atoms with Gasteiger partial charge in [-0.2, -0.15) is 5.10 Å². The maximum absolute atomic E-state index is 12.7. The molecule has 80 valence electrons. The highest BCUT2D eigenvalue weighted by Crippen LogP contribution is 2.25. The molecule has 0 aliphatic rings. The highest BCUT2D eigenvalue weighted by molar-refractivity contribution is 5.55. The van der Waals surface area contributed by atoms with Crippen LogP contribution >= 0.6 is 0 Å². The number of halogens is 2. The standard InChI is InChI=1S/C10H11F2N3/c11-10(12)7(5-13)8-6-14-15-4-2-1-3-9(8)15/h1-4,6-7,10H,5,13H2. The summed E-state index contributed by atoms with van der Waals surface area (Å²) in [7, 11) is 0. The van der Waals surface area contributed by atoms with E-state index < -0.39 is 12.3 Å². The molecule has 0 aromatic carbocycles. The normalized spacial score (nSPS) is 13.6. The fraction of sp³-hybridized carbons (Fsp3) is 0.300. The average molecular weight is 211 g/mol. The number of hydrogen-bond acceptors (Lipinski definition) is 2. The highest BCUT2D eigenvalue weighted by Gasteiger charge is 2.23. The monoisotopic (exact) mass is 211 g/mol. The second kappa shape index (κ2) is 3.94. The first-order valence-electron chi connectivity index (χ1n) is 4.64. The molecule has 1 unspecified atom stereocenters. The third-order valence-electron chi connectivity index (χ3n) is 2.41. The second-order valence-corrected chi connectivity index (χ2v) is 3.31. The number of nitrogens with two attached hydrogens (primary N) is 1. The molecule has 0 amide bonds. The van der Waals surface area contributed by atoms with Crippen LogP contribution in [0.3, 0.4) is 0 Å². The maximum atomic E-state index is 12.7. The van der Waals surface area contributed by atoms with Crippen molar-refractivity contribution in [1.82, 2.24) is 9.61 Å². The first kappa shape index (κ1) is 10.0. The molecule has 0 spiro atoms. The molecule has 0 saturated heterocycles. The van der Waals surface area contributed by atoms with Crippen molar-refractivity contribution in [3.05, 3.63) is 36.2 Å². The van der Waals surface area contributed by atoms with Crippen molar-refractivity contribution < 1.29 is 8.78 Å². The molecular formula is C10H11F2N3. The summed E-state index contributed by atoms with van der Waals surface area (Å²) >= 11 is 0. The van der Waals surface area contributed by atoms with E-state index in [1.165, 1.54) is 6.20 Å². The Labute approximate surface area is 85.5 Å². The van der Waals surface area contributed by atoms with Gasteiger partial charge in [0.25, 0.3) is 0 Å². The van der Waals surface area contributed by atoms with Crippen LogP contribution in [0.1, 0.15) is 11.5 Å². The van der Waals surface area contributed by atoms with E-state index in [-0.39, 0.29) is 6.54 Å². The predicted molar refractivity (Wildman–Crippen MR) is 53.0 cm³/mol. The van der Waals surface area contributed by atoms with Crippen molar-refractivity contribution in [1.29, 1.82) is 0 Å². The third-order valence-corrected chi connectivity index (χ3v) is 2.41. The molecule has 2 aromatic heterocycles. The number of aromatic nitrogens is 2. The zero-order valence-corrected chi connectivity index (χ0v) is 7.98. The van der Waals surface area contributed by atoms with Crippen molar-refractivity contribution in [3.8, 4) is 0 Å². The van der Waals surface area contributed by atoms with E-state index >= 15 is 0 Å². The Balaban J connectivity index is 2.51. The molecule has 5 heteroatoms. The van der Waals surface area contributed by atoms with Crippen molar-refractivity contribution in [3.63, 3.8) is 0 Å². The Kier molecular flexibility index (Phi) is 2.64. The summed E-state index contributed by atoms with van der Waals surface area (Å²) in [6.07, 6.45) is 0.722. The number of fused-ring (bicyclic) bond motifs is 1. The minimum absolute atomic E-state index is 0.0755. The van der Waals surface area contributed by atoms with Crippen LogP contribution in [-0.4, -0.2) is 22.6 Å². The van der Waals surface area contributed by atoms with E-state index in [9.17, 15) is 8.78 Å². The van der Waals surface area contributed by atoms with Gasteiger partial charge in [0.1, 0.15) is 0 Å². The molecule has 0 radical (unpaired) electrons. The average Bonchev–Trinajstić information content (AvgIpc) is 2.63. The summed E-state index contributed by atoms with van der Waals surface area (Å²) in [5, 5.41) is 4.00. The Hall–Kier alpha value is -1.49. The van der Waals surface area contributed by atoms with Gasteiger partial charge in [-0.1, -0.05) is 6.07 Å². The Morgan fingerprint density at radius 3 is 2.87 bits per heavy atom. The van der Waals surface area contributed by atoms with Crippen LogP contribution in [0.5, 0.6) is 0 Å². The molecule has 2 aromatic rings. The Morgan fingerprint density at radius 1 is 1.40 bits per heavy atom. The van der Waals surface area contributed by atoms with E-state index in [0.717, 1.165) is 0 Å². The summed E-state index contributed by atoms with van der Waals surface area (Å²) in [5.41, 5.74) is 6.53.